The highest BCUT2D eigenvalue weighted by Gasteiger charge is 2.48. The molecule has 0 radical (unpaired) electrons. The summed E-state index contributed by atoms with van der Waals surface area (Å²) in [5, 5.41) is 19.9. The maximum Gasteiger partial charge on any atom is 0.179 e. The van der Waals surface area contributed by atoms with Gasteiger partial charge in [-0.1, -0.05) is 73.1 Å². The Labute approximate surface area is 167 Å². The molecule has 0 amide bonds. The van der Waals surface area contributed by atoms with E-state index in [1.165, 1.54) is 4.90 Å². The zero-order chi connectivity index (χ0) is 18.9. The Bertz CT molecular complexity index is 914. The third kappa shape index (κ3) is 3.45. The molecule has 2 aliphatic rings. The van der Waals surface area contributed by atoms with E-state index < -0.39 is 5.41 Å². The fourth-order valence-electron chi connectivity index (χ4n) is 3.28. The second-order valence-electron chi connectivity index (χ2n) is 7.38. The van der Waals surface area contributed by atoms with Crippen LogP contribution in [0.2, 0.25) is 0 Å². The summed E-state index contributed by atoms with van der Waals surface area (Å²) < 4.78 is 1.02. The lowest BCUT2D eigenvalue weighted by atomic mass is 9.73. The van der Waals surface area contributed by atoms with Gasteiger partial charge in [0.1, 0.15) is 0 Å². The standard InChI is InChI=1S/C22H19BrN2S/c1-21(2,3)26-18-9-7-15(8-10-18)19-11-16-5-4-6-17(23)12-20(16)22(19,13-24)14-25/h4-12,20H,1-3H3. The van der Waals surface area contributed by atoms with Gasteiger partial charge in [0.15, 0.2) is 5.41 Å². The van der Waals surface area contributed by atoms with Gasteiger partial charge in [-0.15, -0.1) is 11.8 Å². The summed E-state index contributed by atoms with van der Waals surface area (Å²) >= 11 is 5.30. The van der Waals surface area contributed by atoms with E-state index in [-0.39, 0.29) is 10.7 Å². The van der Waals surface area contributed by atoms with Crippen molar-refractivity contribution in [3.05, 3.63) is 70.3 Å². The van der Waals surface area contributed by atoms with Gasteiger partial charge in [0, 0.05) is 20.0 Å². The summed E-state index contributed by atoms with van der Waals surface area (Å²) in [7, 11) is 0. The number of hydrogen-bond acceptors (Lipinski definition) is 3. The van der Waals surface area contributed by atoms with Crippen molar-refractivity contribution in [3.63, 3.8) is 0 Å². The predicted molar refractivity (Wildman–Crippen MR) is 111 cm³/mol. The Kier molecular flexibility index (Phi) is 5.02. The summed E-state index contributed by atoms with van der Waals surface area (Å²) in [5.74, 6) is -0.277. The third-order valence-electron chi connectivity index (χ3n) is 4.37. The fourth-order valence-corrected chi connectivity index (χ4v) is 4.67. The second kappa shape index (κ2) is 6.95. The molecule has 1 aromatic rings. The van der Waals surface area contributed by atoms with Crippen molar-refractivity contribution in [1.29, 1.82) is 10.5 Å². The van der Waals surface area contributed by atoms with Crippen LogP contribution >= 0.6 is 27.7 Å². The molecule has 0 saturated heterocycles. The molecular weight excluding hydrogens is 404 g/mol. The highest BCUT2D eigenvalue weighted by Crippen LogP contribution is 2.52. The lowest BCUT2D eigenvalue weighted by molar-refractivity contribution is 0.578. The topological polar surface area (TPSA) is 47.6 Å². The second-order valence-corrected chi connectivity index (χ2v) is 10.2. The number of benzene rings is 1. The Morgan fingerprint density at radius 1 is 1.12 bits per heavy atom. The molecule has 0 spiro atoms. The number of halogens is 1. The number of rotatable bonds is 2. The zero-order valence-electron chi connectivity index (χ0n) is 15.0. The smallest absolute Gasteiger partial charge is 0.179 e. The van der Waals surface area contributed by atoms with Gasteiger partial charge in [-0.05, 0) is 34.9 Å². The van der Waals surface area contributed by atoms with Crippen molar-refractivity contribution in [2.45, 2.75) is 30.4 Å². The molecule has 1 unspecified atom stereocenters. The van der Waals surface area contributed by atoms with Crippen LogP contribution in [0.1, 0.15) is 26.3 Å². The van der Waals surface area contributed by atoms with Crippen molar-refractivity contribution in [1.82, 2.24) is 0 Å². The van der Waals surface area contributed by atoms with Gasteiger partial charge in [-0.2, -0.15) is 10.5 Å². The fraction of sp³-hybridized carbons (Fsp3) is 0.273. The summed E-state index contributed by atoms with van der Waals surface area (Å²) in [6.45, 7) is 6.54. The van der Waals surface area contributed by atoms with Crippen molar-refractivity contribution >= 4 is 33.3 Å². The molecular formula is C22H19BrN2S. The van der Waals surface area contributed by atoms with Crippen LogP contribution < -0.4 is 0 Å². The molecule has 1 aromatic carbocycles. The molecule has 2 aliphatic carbocycles. The highest BCUT2D eigenvalue weighted by atomic mass is 79.9. The van der Waals surface area contributed by atoms with E-state index in [0.29, 0.717) is 0 Å². The average Bonchev–Trinajstić information content (AvgIpc) is 2.75. The maximum absolute atomic E-state index is 9.96. The van der Waals surface area contributed by atoms with E-state index in [1.54, 1.807) is 11.8 Å². The molecule has 0 heterocycles. The van der Waals surface area contributed by atoms with Gasteiger partial charge >= 0.3 is 0 Å². The first-order valence-electron chi connectivity index (χ1n) is 8.39. The molecule has 3 rings (SSSR count). The van der Waals surface area contributed by atoms with Gasteiger partial charge in [0.05, 0.1) is 12.1 Å². The van der Waals surface area contributed by atoms with Crippen LogP contribution in [0.15, 0.2) is 69.6 Å². The van der Waals surface area contributed by atoms with Crippen molar-refractivity contribution < 1.29 is 0 Å². The normalized spacial score (nSPS) is 20.8. The Hall–Kier alpha value is -2.01. The molecule has 0 aliphatic heterocycles. The molecule has 0 aromatic heterocycles. The van der Waals surface area contributed by atoms with Crippen molar-refractivity contribution in [3.8, 4) is 12.1 Å². The molecule has 130 valence electrons. The van der Waals surface area contributed by atoms with E-state index in [2.05, 4.69) is 61.0 Å². The first-order valence-corrected chi connectivity index (χ1v) is 10.00. The molecule has 4 heteroatoms. The van der Waals surface area contributed by atoms with E-state index in [1.807, 2.05) is 42.5 Å². The van der Waals surface area contributed by atoms with Crippen LogP contribution in [-0.2, 0) is 0 Å². The number of nitrogens with zero attached hydrogens (tertiary/aromatic N) is 2. The monoisotopic (exact) mass is 422 g/mol. The van der Waals surface area contributed by atoms with E-state index in [9.17, 15) is 10.5 Å². The maximum atomic E-state index is 9.96. The first kappa shape index (κ1) is 18.8. The van der Waals surface area contributed by atoms with Gasteiger partial charge < -0.3 is 0 Å². The number of fused-ring (bicyclic) bond motifs is 1. The summed E-state index contributed by atoms with van der Waals surface area (Å²) in [6.07, 6.45) is 9.80. The largest absolute Gasteiger partial charge is 0.196 e. The van der Waals surface area contributed by atoms with Crippen LogP contribution in [0.25, 0.3) is 5.57 Å². The molecule has 1 atom stereocenters. The molecule has 2 nitrogen and oxygen atoms in total. The van der Waals surface area contributed by atoms with Gasteiger partial charge in [-0.3, -0.25) is 0 Å². The number of allylic oxidation sites excluding steroid dienone is 8. The van der Waals surface area contributed by atoms with Crippen molar-refractivity contribution in [2.24, 2.45) is 11.3 Å². The molecule has 0 saturated carbocycles. The number of hydrogen-bond donors (Lipinski definition) is 0. The minimum atomic E-state index is -1.21. The van der Waals surface area contributed by atoms with Crippen LogP contribution in [0.5, 0.6) is 0 Å². The van der Waals surface area contributed by atoms with Gasteiger partial charge in [0.25, 0.3) is 0 Å². The summed E-state index contributed by atoms with van der Waals surface area (Å²) in [5.41, 5.74) is 1.48. The van der Waals surface area contributed by atoms with Gasteiger partial charge in [0.2, 0.25) is 0 Å². The minimum Gasteiger partial charge on any atom is -0.196 e. The molecule has 0 bridgehead atoms. The SMILES string of the molecule is CC(C)(C)Sc1ccc(C2=CC3=CC=CC(Br)=CC3C2(C#N)C#N)cc1. The lowest BCUT2D eigenvalue weighted by Gasteiger charge is -2.24. The summed E-state index contributed by atoms with van der Waals surface area (Å²) in [6, 6.07) is 12.8. The number of thioether (sulfide) groups is 1. The molecule has 26 heavy (non-hydrogen) atoms. The van der Waals surface area contributed by atoms with Crippen LogP contribution in [0, 0.1) is 34.0 Å². The quantitative estimate of drug-likeness (QED) is 0.517. The zero-order valence-corrected chi connectivity index (χ0v) is 17.4. The van der Waals surface area contributed by atoms with Crippen LogP contribution in [0.3, 0.4) is 0 Å². The first-order chi connectivity index (χ1) is 12.3. The molecule has 0 fully saturated rings. The van der Waals surface area contributed by atoms with Gasteiger partial charge in [-0.25, -0.2) is 0 Å². The predicted octanol–water partition coefficient (Wildman–Crippen LogP) is 6.40. The number of nitriles is 2. The van der Waals surface area contributed by atoms with Crippen molar-refractivity contribution in [2.75, 3.05) is 0 Å². The molecule has 0 N–H and O–H groups in total. The Balaban J connectivity index is 2.05. The Morgan fingerprint density at radius 2 is 1.77 bits per heavy atom. The van der Waals surface area contributed by atoms with E-state index in [4.69, 9.17) is 0 Å². The van der Waals surface area contributed by atoms with Crippen LogP contribution in [0.4, 0.5) is 0 Å². The van der Waals surface area contributed by atoms with Crippen LogP contribution in [-0.4, -0.2) is 4.75 Å². The highest BCUT2D eigenvalue weighted by molar-refractivity contribution is 9.11. The minimum absolute atomic E-state index is 0.138. The van der Waals surface area contributed by atoms with E-state index in [0.717, 1.165) is 21.2 Å². The Morgan fingerprint density at radius 3 is 2.35 bits per heavy atom. The lowest BCUT2D eigenvalue weighted by Crippen LogP contribution is -2.24. The summed E-state index contributed by atoms with van der Waals surface area (Å²) in [4.78, 5) is 1.18. The third-order valence-corrected chi connectivity index (χ3v) is 6.02. The average molecular weight is 423 g/mol. The van der Waals surface area contributed by atoms with E-state index >= 15 is 0 Å².